The number of allylic oxidation sites excluding steroid dienone is 1. The molecule has 7 nitrogen and oxygen atoms in total. The summed E-state index contributed by atoms with van der Waals surface area (Å²) in [5.74, 6) is 0.580. The highest BCUT2D eigenvalue weighted by atomic mass is 16.5. The van der Waals surface area contributed by atoms with Crippen LogP contribution in [0.3, 0.4) is 0 Å². The fourth-order valence-electron chi connectivity index (χ4n) is 11.3. The summed E-state index contributed by atoms with van der Waals surface area (Å²) < 4.78 is 7.25. The zero-order chi connectivity index (χ0) is 30.6. The Labute approximate surface area is 257 Å². The fourth-order valence-corrected chi connectivity index (χ4v) is 11.3. The molecule has 0 aromatic carbocycles. The first-order chi connectivity index (χ1) is 20.7. The number of unbranched alkanes of at least 4 members (excludes halogenated alkanes) is 1. The molecule has 1 saturated heterocycles. The van der Waals surface area contributed by atoms with Crippen molar-refractivity contribution in [3.63, 3.8) is 0 Å². The van der Waals surface area contributed by atoms with Gasteiger partial charge in [-0.15, -0.1) is 0 Å². The number of carbonyl (C=O) groups excluding carboxylic acids is 1. The lowest BCUT2D eigenvalue weighted by Crippen LogP contribution is -2.65. The third-order valence-corrected chi connectivity index (χ3v) is 12.8. The standard InChI is InChI=1S/C36H52N2O5/c1-5-6-9-25-16-32(43-31(25)21-38(14-15-39)20-27-10-7-8-13-37-27)35-19-28-24(4)11-12-29(28)34(22-40)18-26(35)17-30(23(2)3)36(34,35)33(41)42/h7-8,10,13,17,22-26,28-29,31-32,39H,5-6,9,11-12,14-16,18-21H2,1-4H3,(H,41,42)/t24-,25?,26?,28-,29-,31?,32?,34?,35?,36?/m1/s1. The summed E-state index contributed by atoms with van der Waals surface area (Å²) >= 11 is 0. The van der Waals surface area contributed by atoms with Crippen LogP contribution in [0, 0.1) is 51.8 Å². The van der Waals surface area contributed by atoms with Crippen LogP contribution in [-0.4, -0.2) is 64.3 Å². The van der Waals surface area contributed by atoms with Gasteiger partial charge in [0.25, 0.3) is 0 Å². The van der Waals surface area contributed by atoms with Gasteiger partial charge >= 0.3 is 5.97 Å². The van der Waals surface area contributed by atoms with Crippen LogP contribution < -0.4 is 0 Å². The number of pyridine rings is 1. The zero-order valence-electron chi connectivity index (χ0n) is 26.6. The quantitative estimate of drug-likeness (QED) is 0.222. The lowest BCUT2D eigenvalue weighted by molar-refractivity contribution is -0.197. The average Bonchev–Trinajstić information content (AvgIpc) is 3.69. The highest BCUT2D eigenvalue weighted by molar-refractivity contribution is 5.90. The van der Waals surface area contributed by atoms with Gasteiger partial charge in [-0.05, 0) is 79.7 Å². The highest BCUT2D eigenvalue weighted by Crippen LogP contribution is 2.84. The predicted octanol–water partition coefficient (Wildman–Crippen LogP) is 5.76. The van der Waals surface area contributed by atoms with Crippen molar-refractivity contribution in [2.24, 2.45) is 51.8 Å². The summed E-state index contributed by atoms with van der Waals surface area (Å²) in [4.78, 5) is 34.3. The first-order valence-corrected chi connectivity index (χ1v) is 17.0. The molecule has 7 heteroatoms. The number of fused-ring (bicyclic) bond motifs is 2. The van der Waals surface area contributed by atoms with E-state index in [9.17, 15) is 19.8 Å². The van der Waals surface area contributed by atoms with Crippen molar-refractivity contribution in [1.82, 2.24) is 9.88 Å². The van der Waals surface area contributed by atoms with Crippen molar-refractivity contribution < 1.29 is 24.5 Å². The van der Waals surface area contributed by atoms with Crippen LogP contribution in [0.5, 0.6) is 0 Å². The number of aliphatic carboxylic acids is 1. The van der Waals surface area contributed by atoms with E-state index in [1.165, 1.54) is 0 Å². The van der Waals surface area contributed by atoms with Crippen LogP contribution in [0.1, 0.15) is 84.8 Å². The van der Waals surface area contributed by atoms with Crippen molar-refractivity contribution >= 4 is 12.3 Å². The van der Waals surface area contributed by atoms with Crippen LogP contribution in [0.25, 0.3) is 0 Å². The van der Waals surface area contributed by atoms with Gasteiger partial charge in [0, 0.05) is 31.2 Å². The van der Waals surface area contributed by atoms with Gasteiger partial charge in [-0.1, -0.05) is 64.7 Å². The Balaban J connectivity index is 1.40. The molecule has 6 rings (SSSR count). The molecule has 0 radical (unpaired) electrons. The summed E-state index contributed by atoms with van der Waals surface area (Å²) in [6, 6.07) is 5.92. The van der Waals surface area contributed by atoms with Gasteiger partial charge in [0.15, 0.2) is 0 Å². The van der Waals surface area contributed by atoms with Crippen LogP contribution in [0.4, 0.5) is 0 Å². The molecule has 5 aliphatic rings. The maximum absolute atomic E-state index is 14.0. The number of carbonyl (C=O) groups is 2. The SMILES string of the molecule is CCCCC1CC(C23C[C@@H]4[C@H](C)CC[C@H]4C4(C=O)CC2C=C(C(C)C)C34C(=O)O)OC1CN(CCO)Cc1ccccn1. The molecule has 43 heavy (non-hydrogen) atoms. The van der Waals surface area contributed by atoms with Crippen molar-refractivity contribution in [2.75, 3.05) is 19.7 Å². The minimum absolute atomic E-state index is 0.0432. The highest BCUT2D eigenvalue weighted by Gasteiger charge is 2.86. The molecule has 4 fully saturated rings. The Morgan fingerprint density at radius 1 is 1.26 bits per heavy atom. The molecule has 1 aliphatic heterocycles. The number of hydrogen-bond donors (Lipinski definition) is 2. The molecule has 10 atom stereocenters. The van der Waals surface area contributed by atoms with Crippen LogP contribution in [-0.2, 0) is 20.9 Å². The first-order valence-electron chi connectivity index (χ1n) is 17.0. The van der Waals surface area contributed by atoms with E-state index in [0.717, 1.165) is 62.5 Å². The van der Waals surface area contributed by atoms with Crippen LogP contribution in [0.15, 0.2) is 36.0 Å². The molecule has 1 aromatic heterocycles. The number of aliphatic hydroxyl groups is 1. The van der Waals surface area contributed by atoms with Gasteiger partial charge in [0.2, 0.25) is 0 Å². The third-order valence-electron chi connectivity index (χ3n) is 12.8. The number of aromatic nitrogens is 1. The smallest absolute Gasteiger partial charge is 0.315 e. The van der Waals surface area contributed by atoms with Crippen molar-refractivity contribution in [1.29, 1.82) is 0 Å². The van der Waals surface area contributed by atoms with Crippen molar-refractivity contribution in [2.45, 2.75) is 97.8 Å². The molecule has 7 unspecified atom stereocenters. The number of aliphatic hydroxyl groups excluding tert-OH is 1. The molecule has 0 spiro atoms. The number of nitrogens with zero attached hydrogens (tertiary/aromatic N) is 2. The Morgan fingerprint density at radius 3 is 2.72 bits per heavy atom. The Hall–Kier alpha value is -2.09. The van der Waals surface area contributed by atoms with Crippen molar-refractivity contribution in [3.8, 4) is 0 Å². The average molecular weight is 593 g/mol. The molecule has 4 bridgehead atoms. The van der Waals surface area contributed by atoms with Crippen molar-refractivity contribution in [3.05, 3.63) is 41.7 Å². The lowest BCUT2D eigenvalue weighted by Gasteiger charge is -2.60. The van der Waals surface area contributed by atoms with Gasteiger partial charge in [0.05, 0.1) is 29.9 Å². The van der Waals surface area contributed by atoms with Gasteiger partial charge in [0.1, 0.15) is 11.7 Å². The van der Waals surface area contributed by atoms with E-state index in [0.29, 0.717) is 43.8 Å². The monoisotopic (exact) mass is 592 g/mol. The second kappa shape index (κ2) is 11.7. The van der Waals surface area contributed by atoms with E-state index in [4.69, 9.17) is 4.74 Å². The summed E-state index contributed by atoms with van der Waals surface area (Å²) in [6.07, 6.45) is 12.5. The van der Waals surface area contributed by atoms with Gasteiger partial charge < -0.3 is 19.7 Å². The number of carboxylic acids is 1. The minimum atomic E-state index is -1.21. The number of hydrogen-bond acceptors (Lipinski definition) is 6. The molecular weight excluding hydrogens is 540 g/mol. The lowest BCUT2D eigenvalue weighted by atomic mass is 9.41. The van der Waals surface area contributed by atoms with E-state index in [1.807, 2.05) is 18.2 Å². The Morgan fingerprint density at radius 2 is 2.07 bits per heavy atom. The van der Waals surface area contributed by atoms with E-state index in [-0.39, 0.29) is 36.6 Å². The molecule has 3 saturated carbocycles. The third kappa shape index (κ3) is 4.34. The van der Waals surface area contributed by atoms with E-state index in [1.54, 1.807) is 6.20 Å². The summed E-state index contributed by atoms with van der Waals surface area (Å²) in [5, 5.41) is 21.4. The van der Waals surface area contributed by atoms with Gasteiger partial charge in [-0.2, -0.15) is 0 Å². The van der Waals surface area contributed by atoms with E-state index >= 15 is 0 Å². The Kier molecular flexibility index (Phi) is 8.40. The molecule has 236 valence electrons. The van der Waals surface area contributed by atoms with Gasteiger partial charge in [-0.25, -0.2) is 0 Å². The van der Waals surface area contributed by atoms with E-state index in [2.05, 4.69) is 43.7 Å². The minimum Gasteiger partial charge on any atom is -0.481 e. The molecule has 0 amide bonds. The summed E-state index contributed by atoms with van der Waals surface area (Å²) in [5.41, 5.74) is -0.743. The van der Waals surface area contributed by atoms with E-state index < -0.39 is 22.2 Å². The number of aldehydes is 1. The molecular formula is C36H52N2O5. The molecule has 2 heterocycles. The second-order valence-corrected chi connectivity index (χ2v) is 15.0. The van der Waals surface area contributed by atoms with Crippen LogP contribution in [0.2, 0.25) is 0 Å². The molecule has 4 aliphatic carbocycles. The second-order valence-electron chi connectivity index (χ2n) is 15.0. The maximum atomic E-state index is 14.0. The maximum Gasteiger partial charge on any atom is 0.315 e. The largest absolute Gasteiger partial charge is 0.481 e. The zero-order valence-corrected chi connectivity index (χ0v) is 26.6. The Bertz CT molecular complexity index is 1220. The topological polar surface area (TPSA) is 100.0 Å². The summed E-state index contributed by atoms with van der Waals surface area (Å²) in [6.45, 7) is 10.7. The van der Waals surface area contributed by atoms with Gasteiger partial charge in [-0.3, -0.25) is 14.7 Å². The number of carboxylic acid groups (broad SMARTS) is 1. The number of rotatable bonds is 13. The fraction of sp³-hybridized carbons (Fsp3) is 0.750. The summed E-state index contributed by atoms with van der Waals surface area (Å²) in [7, 11) is 0. The number of ether oxygens (including phenoxy) is 1. The first kappa shape index (κ1) is 30.9. The molecule has 1 aromatic rings. The predicted molar refractivity (Wildman–Crippen MR) is 165 cm³/mol. The normalized spacial score (nSPS) is 41.2. The molecule has 2 N–H and O–H groups in total. The van der Waals surface area contributed by atoms with Crippen LogP contribution >= 0.6 is 0 Å².